The van der Waals surface area contributed by atoms with Crippen LogP contribution in [0.15, 0.2) is 0 Å². The second-order valence-corrected chi connectivity index (χ2v) is 5.85. The van der Waals surface area contributed by atoms with Gasteiger partial charge in [-0.15, -0.1) is 0 Å². The van der Waals surface area contributed by atoms with Crippen molar-refractivity contribution in [3.63, 3.8) is 0 Å². The van der Waals surface area contributed by atoms with Gasteiger partial charge in [0.05, 0.1) is 0 Å². The molecule has 2 fully saturated rings. The van der Waals surface area contributed by atoms with E-state index in [1.54, 1.807) is 4.90 Å². The second-order valence-electron chi connectivity index (χ2n) is 5.85. The molecule has 0 aromatic heterocycles. The zero-order chi connectivity index (χ0) is 15.2. The molecule has 7 nitrogen and oxygen atoms in total. The minimum atomic E-state index is -1.02. The number of carboxylic acid groups (broad SMARTS) is 1. The molecule has 0 aromatic rings. The van der Waals surface area contributed by atoms with Crippen LogP contribution in [0.25, 0.3) is 0 Å². The van der Waals surface area contributed by atoms with E-state index in [0.29, 0.717) is 19.7 Å². The van der Waals surface area contributed by atoms with Crippen molar-refractivity contribution in [3.8, 4) is 0 Å². The van der Waals surface area contributed by atoms with Crippen LogP contribution in [-0.4, -0.2) is 79.4 Å². The largest absolute Gasteiger partial charge is 0.480 e. The smallest absolute Gasteiger partial charge is 0.326 e. The van der Waals surface area contributed by atoms with Gasteiger partial charge in [0.1, 0.15) is 6.04 Å². The van der Waals surface area contributed by atoms with Crippen LogP contribution in [0, 0.1) is 5.92 Å². The van der Waals surface area contributed by atoms with Crippen LogP contribution in [0.2, 0.25) is 0 Å². The number of aliphatic carboxylic acids is 1. The fourth-order valence-electron chi connectivity index (χ4n) is 2.53. The minimum Gasteiger partial charge on any atom is -0.480 e. The molecule has 21 heavy (non-hydrogen) atoms. The summed E-state index contributed by atoms with van der Waals surface area (Å²) < 4.78 is 4.87. The molecule has 2 rings (SSSR count). The molecule has 120 valence electrons. The summed E-state index contributed by atoms with van der Waals surface area (Å²) in [6.45, 7) is 4.53. The first-order valence-corrected chi connectivity index (χ1v) is 7.59. The summed E-state index contributed by atoms with van der Waals surface area (Å²) in [6.07, 6.45) is 2.94. The molecular formula is C14H25N3O4. The number of rotatable bonds is 7. The molecule has 0 radical (unpaired) electrons. The summed E-state index contributed by atoms with van der Waals surface area (Å²) in [5.74, 6) is -0.163. The molecule has 1 unspecified atom stereocenters. The van der Waals surface area contributed by atoms with Crippen LogP contribution in [0.1, 0.15) is 19.3 Å². The maximum Gasteiger partial charge on any atom is 0.326 e. The molecule has 0 spiro atoms. The second kappa shape index (κ2) is 7.61. The third kappa shape index (κ3) is 5.17. The number of carbonyl (C=O) groups excluding carboxylic acids is 1. The molecule has 0 aromatic carbocycles. The molecule has 2 aliphatic rings. The van der Waals surface area contributed by atoms with Gasteiger partial charge in [-0.3, -0.25) is 4.90 Å². The molecule has 1 aliphatic carbocycles. The van der Waals surface area contributed by atoms with Crippen molar-refractivity contribution in [1.29, 1.82) is 0 Å². The summed E-state index contributed by atoms with van der Waals surface area (Å²) in [6, 6.07) is -1.17. The van der Waals surface area contributed by atoms with Gasteiger partial charge >= 0.3 is 12.0 Å². The number of methoxy groups -OCH3 is 1. The highest BCUT2D eigenvalue weighted by atomic mass is 16.5. The van der Waals surface area contributed by atoms with Gasteiger partial charge in [0, 0.05) is 52.9 Å². The van der Waals surface area contributed by atoms with Crippen molar-refractivity contribution in [1.82, 2.24) is 15.1 Å². The third-order valence-electron chi connectivity index (χ3n) is 4.08. The van der Waals surface area contributed by atoms with Gasteiger partial charge in [-0.25, -0.2) is 9.59 Å². The molecule has 2 amide bonds. The van der Waals surface area contributed by atoms with E-state index in [2.05, 4.69) is 10.2 Å². The highest BCUT2D eigenvalue weighted by Gasteiger charge is 2.29. The van der Waals surface area contributed by atoms with E-state index in [1.165, 1.54) is 20.0 Å². The van der Waals surface area contributed by atoms with E-state index >= 15 is 0 Å². The van der Waals surface area contributed by atoms with Crippen molar-refractivity contribution in [2.75, 3.05) is 46.4 Å². The van der Waals surface area contributed by atoms with Crippen LogP contribution in [0.5, 0.6) is 0 Å². The van der Waals surface area contributed by atoms with E-state index in [9.17, 15) is 9.59 Å². The molecule has 1 aliphatic heterocycles. The van der Waals surface area contributed by atoms with Crippen molar-refractivity contribution >= 4 is 12.0 Å². The lowest BCUT2D eigenvalue weighted by atomic mass is 10.2. The normalized spacial score (nSPS) is 21.1. The van der Waals surface area contributed by atoms with Crippen LogP contribution >= 0.6 is 0 Å². The number of piperazine rings is 1. The zero-order valence-electron chi connectivity index (χ0n) is 12.6. The number of hydrogen-bond acceptors (Lipinski definition) is 4. The number of amides is 2. The van der Waals surface area contributed by atoms with E-state index in [0.717, 1.165) is 25.6 Å². The lowest BCUT2D eigenvalue weighted by Crippen LogP contribution is -2.55. The Morgan fingerprint density at radius 3 is 2.48 bits per heavy atom. The zero-order valence-corrected chi connectivity index (χ0v) is 12.6. The number of hydrogen-bond donors (Lipinski definition) is 2. The van der Waals surface area contributed by atoms with E-state index in [-0.39, 0.29) is 12.5 Å². The van der Waals surface area contributed by atoms with Gasteiger partial charge in [0.15, 0.2) is 0 Å². The molecule has 0 bridgehead atoms. The Bertz CT molecular complexity index is 365. The third-order valence-corrected chi connectivity index (χ3v) is 4.08. The van der Waals surface area contributed by atoms with Crippen molar-refractivity contribution < 1.29 is 19.4 Å². The van der Waals surface area contributed by atoms with E-state index < -0.39 is 12.0 Å². The minimum absolute atomic E-state index is 0.277. The van der Waals surface area contributed by atoms with Crippen LogP contribution in [0.3, 0.4) is 0 Å². The Morgan fingerprint density at radius 1 is 1.29 bits per heavy atom. The maximum atomic E-state index is 12.1. The van der Waals surface area contributed by atoms with Gasteiger partial charge in [-0.1, -0.05) is 0 Å². The Balaban J connectivity index is 1.73. The van der Waals surface area contributed by atoms with Gasteiger partial charge in [0.2, 0.25) is 0 Å². The number of carboxylic acids is 1. The first kappa shape index (κ1) is 16.0. The Labute approximate surface area is 125 Å². The molecule has 2 N–H and O–H groups in total. The number of ether oxygens (including phenoxy) is 1. The fourth-order valence-corrected chi connectivity index (χ4v) is 2.53. The molecular weight excluding hydrogens is 274 g/mol. The molecule has 1 atom stereocenters. The summed E-state index contributed by atoms with van der Waals surface area (Å²) in [4.78, 5) is 27.3. The predicted octanol–water partition coefficient (Wildman–Crippen LogP) is 0.213. The van der Waals surface area contributed by atoms with E-state index in [4.69, 9.17) is 9.84 Å². The predicted molar refractivity (Wildman–Crippen MR) is 77.2 cm³/mol. The van der Waals surface area contributed by atoms with Gasteiger partial charge in [0.25, 0.3) is 0 Å². The average molecular weight is 299 g/mol. The van der Waals surface area contributed by atoms with Gasteiger partial charge in [-0.2, -0.15) is 0 Å². The lowest BCUT2D eigenvalue weighted by Gasteiger charge is -2.35. The first-order chi connectivity index (χ1) is 10.1. The molecule has 1 saturated carbocycles. The number of carbonyl (C=O) groups is 2. The number of nitrogens with one attached hydrogen (secondary N) is 1. The van der Waals surface area contributed by atoms with Crippen LogP contribution in [-0.2, 0) is 9.53 Å². The highest BCUT2D eigenvalue weighted by molar-refractivity contribution is 5.82. The Hall–Kier alpha value is -1.34. The fraction of sp³-hybridized carbons (Fsp3) is 0.857. The summed E-state index contributed by atoms with van der Waals surface area (Å²) in [5.41, 5.74) is 0. The molecule has 1 heterocycles. The van der Waals surface area contributed by atoms with Gasteiger partial charge < -0.3 is 20.1 Å². The topological polar surface area (TPSA) is 82.1 Å². The van der Waals surface area contributed by atoms with Crippen LogP contribution < -0.4 is 5.32 Å². The van der Waals surface area contributed by atoms with Crippen LogP contribution in [0.4, 0.5) is 4.79 Å². The lowest BCUT2D eigenvalue weighted by molar-refractivity contribution is -0.139. The molecule has 1 saturated heterocycles. The Morgan fingerprint density at radius 2 is 1.95 bits per heavy atom. The number of nitrogens with zero attached hydrogens (tertiary/aromatic N) is 2. The van der Waals surface area contributed by atoms with Crippen molar-refractivity contribution in [2.45, 2.75) is 25.3 Å². The maximum absolute atomic E-state index is 12.1. The first-order valence-electron chi connectivity index (χ1n) is 7.59. The van der Waals surface area contributed by atoms with Crippen molar-refractivity contribution in [3.05, 3.63) is 0 Å². The summed E-state index contributed by atoms with van der Waals surface area (Å²) in [5, 5.41) is 11.7. The Kier molecular flexibility index (Phi) is 5.81. The SMILES string of the molecule is COCCC(NC(=O)N1CCN(CC2CC2)CC1)C(=O)O. The summed E-state index contributed by atoms with van der Waals surface area (Å²) in [7, 11) is 1.51. The standard InChI is InChI=1S/C14H25N3O4/c1-21-9-4-12(13(18)19)15-14(20)17-7-5-16(6-8-17)10-11-2-3-11/h11-12H,2-10H2,1H3,(H,15,20)(H,18,19). The molecule has 7 heteroatoms. The quantitative estimate of drug-likeness (QED) is 0.702. The monoisotopic (exact) mass is 299 g/mol. The summed E-state index contributed by atoms with van der Waals surface area (Å²) >= 11 is 0. The highest BCUT2D eigenvalue weighted by Crippen LogP contribution is 2.29. The number of urea groups is 1. The van der Waals surface area contributed by atoms with E-state index in [1.807, 2.05) is 0 Å². The average Bonchev–Trinajstić information content (AvgIpc) is 3.27. The van der Waals surface area contributed by atoms with Crippen molar-refractivity contribution in [2.24, 2.45) is 5.92 Å². The van der Waals surface area contributed by atoms with Gasteiger partial charge in [-0.05, 0) is 18.8 Å².